The van der Waals surface area contributed by atoms with Gasteiger partial charge in [-0.1, -0.05) is 90.5 Å². The summed E-state index contributed by atoms with van der Waals surface area (Å²) in [7, 11) is 0. The van der Waals surface area contributed by atoms with Crippen molar-refractivity contribution < 1.29 is 19.3 Å². The lowest BCUT2D eigenvalue weighted by molar-refractivity contribution is -0.0113. The van der Waals surface area contributed by atoms with Crippen LogP contribution in [0.15, 0.2) is 119 Å². The van der Waals surface area contributed by atoms with Crippen LogP contribution in [0.5, 0.6) is 5.75 Å². The number of hydrogen-bond acceptors (Lipinski definition) is 10. The molecule has 0 saturated heterocycles. The number of aliphatic hydroxyl groups excluding tert-OH is 1. The maximum atomic E-state index is 12.9. The molecule has 58 heavy (non-hydrogen) atoms. The summed E-state index contributed by atoms with van der Waals surface area (Å²) in [6.07, 6.45) is -0.919. The number of rotatable bonds is 14. The SMILES string of the molecule is Cc1cc(-c2ccc(-c3nc4nc(COCC(O)c5ccccc5Cl)cc(=O)n4[nH]3)cc2)ccc1OC(C)(C)COCc1cc(=O)n2[nH]c(-c3ccccc3)nc2n1. The second kappa shape index (κ2) is 16.2. The maximum Gasteiger partial charge on any atom is 0.274 e. The van der Waals surface area contributed by atoms with Crippen molar-refractivity contribution in [1.82, 2.24) is 39.2 Å². The zero-order valence-electron chi connectivity index (χ0n) is 31.8. The van der Waals surface area contributed by atoms with Crippen LogP contribution in [-0.4, -0.2) is 63.1 Å². The first-order valence-corrected chi connectivity index (χ1v) is 18.9. The third-order valence-electron chi connectivity index (χ3n) is 9.36. The highest BCUT2D eigenvalue weighted by atomic mass is 35.5. The van der Waals surface area contributed by atoms with Gasteiger partial charge in [-0.25, -0.2) is 9.97 Å². The van der Waals surface area contributed by atoms with Gasteiger partial charge in [0, 0.05) is 33.8 Å². The van der Waals surface area contributed by atoms with Gasteiger partial charge in [0.05, 0.1) is 37.8 Å². The lowest BCUT2D eigenvalue weighted by atomic mass is 10.0. The van der Waals surface area contributed by atoms with Crippen LogP contribution in [0, 0.1) is 6.92 Å². The van der Waals surface area contributed by atoms with Gasteiger partial charge in [-0.2, -0.15) is 19.0 Å². The summed E-state index contributed by atoms with van der Waals surface area (Å²) in [6.45, 7) is 6.24. The van der Waals surface area contributed by atoms with Gasteiger partial charge in [-0.05, 0) is 55.7 Å². The third kappa shape index (κ3) is 8.45. The summed E-state index contributed by atoms with van der Waals surface area (Å²) in [4.78, 5) is 43.7. The lowest BCUT2D eigenvalue weighted by Crippen LogP contribution is -2.34. The van der Waals surface area contributed by atoms with E-state index in [-0.39, 0.29) is 49.1 Å². The Hall–Kier alpha value is -6.45. The fraction of sp³-hybridized carbons (Fsp3) is 0.209. The van der Waals surface area contributed by atoms with Gasteiger partial charge >= 0.3 is 0 Å². The highest BCUT2D eigenvalue weighted by Crippen LogP contribution is 2.30. The second-order valence-corrected chi connectivity index (χ2v) is 14.8. The normalized spacial score (nSPS) is 12.4. The number of aromatic amines is 2. The van der Waals surface area contributed by atoms with E-state index >= 15 is 0 Å². The molecule has 15 heteroatoms. The van der Waals surface area contributed by atoms with Crippen LogP contribution in [0.4, 0.5) is 0 Å². The Labute approximate surface area is 336 Å². The van der Waals surface area contributed by atoms with Crippen LogP contribution >= 0.6 is 11.6 Å². The lowest BCUT2D eigenvalue weighted by Gasteiger charge is -2.27. The third-order valence-corrected chi connectivity index (χ3v) is 9.70. The maximum absolute atomic E-state index is 12.9. The molecule has 8 aromatic rings. The summed E-state index contributed by atoms with van der Waals surface area (Å²) in [5.41, 5.74) is 4.69. The van der Waals surface area contributed by atoms with E-state index in [1.807, 2.05) is 87.5 Å². The number of aliphatic hydroxyl groups is 1. The Morgan fingerprint density at radius 2 is 1.24 bits per heavy atom. The molecule has 8 rings (SSSR count). The first-order valence-electron chi connectivity index (χ1n) is 18.5. The molecule has 0 saturated carbocycles. The molecular formula is C43H39ClN8O6. The molecule has 4 heterocycles. The van der Waals surface area contributed by atoms with Crippen molar-refractivity contribution in [3.63, 3.8) is 0 Å². The van der Waals surface area contributed by atoms with Crippen molar-refractivity contribution in [3.8, 4) is 39.7 Å². The number of halogens is 1. The van der Waals surface area contributed by atoms with E-state index in [1.165, 1.54) is 21.2 Å². The van der Waals surface area contributed by atoms with E-state index in [9.17, 15) is 14.7 Å². The number of nitrogens with one attached hydrogen (secondary N) is 2. The zero-order chi connectivity index (χ0) is 40.4. The molecule has 1 atom stereocenters. The summed E-state index contributed by atoms with van der Waals surface area (Å²) in [5.74, 6) is 2.24. The molecule has 0 spiro atoms. The Balaban J connectivity index is 0.874. The Morgan fingerprint density at radius 1 is 0.690 bits per heavy atom. The molecule has 3 N–H and O–H groups in total. The van der Waals surface area contributed by atoms with Crippen LogP contribution in [0.1, 0.15) is 42.5 Å². The van der Waals surface area contributed by atoms with E-state index in [0.717, 1.165) is 33.6 Å². The minimum atomic E-state index is -0.919. The summed E-state index contributed by atoms with van der Waals surface area (Å²) in [6, 6.07) is 33.2. The zero-order valence-corrected chi connectivity index (χ0v) is 32.6. The van der Waals surface area contributed by atoms with Gasteiger partial charge in [-0.3, -0.25) is 19.8 Å². The van der Waals surface area contributed by atoms with Crippen molar-refractivity contribution in [2.75, 3.05) is 13.2 Å². The van der Waals surface area contributed by atoms with Crippen LogP contribution in [0.25, 0.3) is 45.5 Å². The molecule has 0 aliphatic rings. The average Bonchev–Trinajstić information content (AvgIpc) is 3.85. The molecule has 0 aliphatic carbocycles. The first kappa shape index (κ1) is 38.4. The van der Waals surface area contributed by atoms with E-state index < -0.39 is 11.7 Å². The Kier molecular flexibility index (Phi) is 10.7. The molecule has 1 unspecified atom stereocenters. The van der Waals surface area contributed by atoms with Crippen LogP contribution in [-0.2, 0) is 22.7 Å². The molecule has 0 bridgehead atoms. The topological polar surface area (TPSA) is 174 Å². The monoisotopic (exact) mass is 798 g/mol. The van der Waals surface area contributed by atoms with Gasteiger partial charge in [0.1, 0.15) is 17.5 Å². The molecule has 14 nitrogen and oxygen atoms in total. The van der Waals surface area contributed by atoms with Crippen molar-refractivity contribution in [1.29, 1.82) is 0 Å². The predicted octanol–water partition coefficient (Wildman–Crippen LogP) is 6.74. The van der Waals surface area contributed by atoms with Crippen LogP contribution < -0.4 is 15.9 Å². The summed E-state index contributed by atoms with van der Waals surface area (Å²) in [5, 5.41) is 17.0. The quantitative estimate of drug-likeness (QED) is 0.107. The van der Waals surface area contributed by atoms with E-state index in [4.69, 9.17) is 25.8 Å². The smallest absolute Gasteiger partial charge is 0.274 e. The first-order chi connectivity index (χ1) is 28.0. The van der Waals surface area contributed by atoms with Crippen molar-refractivity contribution in [3.05, 3.63) is 157 Å². The predicted molar refractivity (Wildman–Crippen MR) is 219 cm³/mol. The van der Waals surface area contributed by atoms with Gasteiger partial charge in [-0.15, -0.1) is 0 Å². The number of hydrogen-bond donors (Lipinski definition) is 3. The van der Waals surface area contributed by atoms with Gasteiger partial charge < -0.3 is 19.3 Å². The Morgan fingerprint density at radius 3 is 1.86 bits per heavy atom. The molecule has 0 amide bonds. The second-order valence-electron chi connectivity index (χ2n) is 14.4. The molecule has 4 aromatic heterocycles. The van der Waals surface area contributed by atoms with E-state index in [2.05, 4.69) is 36.2 Å². The van der Waals surface area contributed by atoms with Gasteiger partial charge in [0.2, 0.25) is 0 Å². The molecule has 0 fully saturated rings. The number of H-pyrrole nitrogens is 2. The number of benzene rings is 4. The molecule has 0 radical (unpaired) electrons. The minimum absolute atomic E-state index is 0.0147. The Bertz CT molecular complexity index is 2850. The molecular weight excluding hydrogens is 760 g/mol. The van der Waals surface area contributed by atoms with Crippen molar-refractivity contribution in [2.45, 2.75) is 45.7 Å². The molecule has 4 aromatic carbocycles. The number of aryl methyl sites for hydroxylation is 1. The van der Waals surface area contributed by atoms with Crippen LogP contribution in [0.3, 0.4) is 0 Å². The summed E-state index contributed by atoms with van der Waals surface area (Å²) >= 11 is 6.17. The summed E-state index contributed by atoms with van der Waals surface area (Å²) < 4.78 is 20.6. The highest BCUT2D eigenvalue weighted by Gasteiger charge is 2.22. The number of nitrogens with zero attached hydrogens (tertiary/aromatic N) is 6. The van der Waals surface area contributed by atoms with Crippen LogP contribution in [0.2, 0.25) is 5.02 Å². The molecule has 294 valence electrons. The number of fused-ring (bicyclic) bond motifs is 2. The van der Waals surface area contributed by atoms with Crippen molar-refractivity contribution >= 4 is 23.2 Å². The number of ether oxygens (including phenoxy) is 3. The van der Waals surface area contributed by atoms with Gasteiger partial charge in [0.15, 0.2) is 11.6 Å². The fourth-order valence-corrected chi connectivity index (χ4v) is 6.72. The van der Waals surface area contributed by atoms with Gasteiger partial charge in [0.25, 0.3) is 22.7 Å². The standard InChI is InChI=1S/C43H39ClN8O6/c1-26-19-30(17-18-36(26)58-43(2,3)25-57-23-32-21-38(55)51-42(46-32)47-39(49-51)28-9-5-4-6-10-28)27-13-15-29(16-14-27)40-48-41-45-31(20-37(54)52(41)50-40)22-56-24-35(53)33-11-7-8-12-34(33)44/h4-21,35,53H,22-25H2,1-3H3,(H,45,48,50)(H,46,47,49). The molecule has 0 aliphatic heterocycles. The van der Waals surface area contributed by atoms with Crippen molar-refractivity contribution in [2.24, 2.45) is 0 Å². The average molecular weight is 799 g/mol. The van der Waals surface area contributed by atoms with E-state index in [0.29, 0.717) is 33.6 Å². The minimum Gasteiger partial charge on any atom is -0.485 e. The van der Waals surface area contributed by atoms with E-state index in [1.54, 1.807) is 24.3 Å². The largest absolute Gasteiger partial charge is 0.485 e. The number of aromatic nitrogens is 8. The highest BCUT2D eigenvalue weighted by molar-refractivity contribution is 6.31. The fourth-order valence-electron chi connectivity index (χ4n) is 6.46.